The van der Waals surface area contributed by atoms with E-state index >= 15 is 0 Å². The molecule has 0 heterocycles. The topological polar surface area (TPSA) is 44.4 Å². The number of likely N-dealkylation sites (N-methyl/N-ethyl adjacent to an activating group) is 1. The molecule has 1 amide bonds. The molecule has 0 rings (SSSR count). The quantitative estimate of drug-likeness (QED) is 0.346. The number of nitrogens with zero attached hydrogens (tertiary/aromatic N) is 1. The number of thioether (sulfide) groups is 1. The van der Waals surface area contributed by atoms with E-state index in [4.69, 9.17) is 0 Å². The Kier molecular flexibility index (Phi) is 17.1. The van der Waals surface area contributed by atoms with Gasteiger partial charge in [0.1, 0.15) is 0 Å². The number of hydrogen-bond acceptors (Lipinski definition) is 4. The molecule has 1 radical (unpaired) electrons. The molecule has 147 valence electrons. The molecule has 2 N–H and O–H groups in total. The Morgan fingerprint density at radius 3 is 2.33 bits per heavy atom. The van der Waals surface area contributed by atoms with Gasteiger partial charge in [0.15, 0.2) is 0 Å². The van der Waals surface area contributed by atoms with Gasteiger partial charge in [0.05, 0.1) is 5.75 Å². The van der Waals surface area contributed by atoms with Gasteiger partial charge in [-0.1, -0.05) is 41.5 Å². The van der Waals surface area contributed by atoms with Crippen LogP contribution in [0.2, 0.25) is 0 Å². The van der Waals surface area contributed by atoms with Crippen LogP contribution in [-0.4, -0.2) is 60.6 Å². The first-order valence-electron chi connectivity index (χ1n) is 8.97. The monoisotopic (exact) mass is 403 g/mol. The number of amides is 1. The van der Waals surface area contributed by atoms with Gasteiger partial charge in [-0.25, -0.2) is 0 Å². The minimum atomic E-state index is 0. The summed E-state index contributed by atoms with van der Waals surface area (Å²) in [5.74, 6) is 1.28. The molecule has 6 heteroatoms. The molecule has 0 aromatic carbocycles. The molecule has 0 aromatic rings. The summed E-state index contributed by atoms with van der Waals surface area (Å²) in [6, 6.07) is 0. The van der Waals surface area contributed by atoms with Gasteiger partial charge in [-0.2, -0.15) is 12.3 Å². The van der Waals surface area contributed by atoms with E-state index < -0.39 is 0 Å². The molecule has 0 fully saturated rings. The molecular formula is C18H38CoN3OS-. The van der Waals surface area contributed by atoms with E-state index in [1.165, 1.54) is 0 Å². The average Bonchev–Trinajstić information content (AvgIpc) is 2.50. The third kappa shape index (κ3) is 15.8. The number of nitrogens with one attached hydrogen (secondary N) is 2. The zero-order valence-electron chi connectivity index (χ0n) is 16.4. The van der Waals surface area contributed by atoms with Gasteiger partial charge >= 0.3 is 0 Å². The number of rotatable bonds is 14. The van der Waals surface area contributed by atoms with Crippen molar-refractivity contribution >= 4 is 17.7 Å². The molecule has 0 saturated heterocycles. The molecule has 0 aliphatic rings. The summed E-state index contributed by atoms with van der Waals surface area (Å²) >= 11 is 1.74. The van der Waals surface area contributed by atoms with Crippen LogP contribution < -0.4 is 10.6 Å². The average molecular weight is 404 g/mol. The Hall–Kier alpha value is 0.246. The van der Waals surface area contributed by atoms with Crippen LogP contribution >= 0.6 is 11.8 Å². The fraction of sp³-hybridized carbons (Fsp3) is 0.889. The maximum absolute atomic E-state index is 11.9. The van der Waals surface area contributed by atoms with Crippen molar-refractivity contribution < 1.29 is 21.6 Å². The predicted molar refractivity (Wildman–Crippen MR) is 104 cm³/mol. The maximum atomic E-state index is 11.9. The van der Waals surface area contributed by atoms with E-state index in [2.05, 4.69) is 63.5 Å². The zero-order chi connectivity index (χ0) is 17.7. The van der Waals surface area contributed by atoms with Crippen molar-refractivity contribution in [2.75, 3.05) is 45.0 Å². The van der Waals surface area contributed by atoms with Gasteiger partial charge in [0.2, 0.25) is 5.91 Å². The summed E-state index contributed by atoms with van der Waals surface area (Å²) in [6.45, 7) is 18.9. The van der Waals surface area contributed by atoms with Crippen molar-refractivity contribution in [1.82, 2.24) is 15.5 Å². The van der Waals surface area contributed by atoms with Gasteiger partial charge < -0.3 is 22.0 Å². The number of hydrogen-bond donors (Lipinski definition) is 2. The van der Waals surface area contributed by atoms with Crippen molar-refractivity contribution in [2.45, 2.75) is 52.7 Å². The number of carbonyl (C=O) groups excluding carboxylic acids is 1. The van der Waals surface area contributed by atoms with Crippen LogP contribution in [0.15, 0.2) is 0 Å². The second-order valence-corrected chi connectivity index (χ2v) is 8.54. The Balaban J connectivity index is 0. The molecule has 24 heavy (non-hydrogen) atoms. The van der Waals surface area contributed by atoms with E-state index in [0.29, 0.717) is 18.2 Å². The molecule has 0 aliphatic heterocycles. The smallest absolute Gasteiger partial charge is 0.230 e. The standard InChI is InChI=1S/C18H38N3OS.Co/c1-7-21(8-2)14-13-19-11-12-20-17(22)15-23-18(5,6)10-9-16(3)4;/h9,16,19H,7-8,10-15H2,1-6H3,(H,20,22);/q-1;. The van der Waals surface area contributed by atoms with Crippen molar-refractivity contribution in [2.24, 2.45) is 5.92 Å². The Bertz CT molecular complexity index is 311. The van der Waals surface area contributed by atoms with Gasteiger partial charge in [0, 0.05) is 43.0 Å². The zero-order valence-corrected chi connectivity index (χ0v) is 18.3. The van der Waals surface area contributed by atoms with Gasteiger partial charge in [-0.3, -0.25) is 4.79 Å². The maximum Gasteiger partial charge on any atom is 0.230 e. The molecule has 0 spiro atoms. The third-order valence-electron chi connectivity index (χ3n) is 3.80. The summed E-state index contributed by atoms with van der Waals surface area (Å²) < 4.78 is 0.129. The largest absolute Gasteiger partial charge is 0.354 e. The van der Waals surface area contributed by atoms with Crippen molar-refractivity contribution in [3.05, 3.63) is 6.42 Å². The molecule has 0 aliphatic carbocycles. The molecule has 0 saturated carbocycles. The van der Waals surface area contributed by atoms with Crippen LogP contribution in [0.25, 0.3) is 0 Å². The van der Waals surface area contributed by atoms with Crippen LogP contribution in [0, 0.1) is 12.3 Å². The van der Waals surface area contributed by atoms with Gasteiger partial charge in [0.25, 0.3) is 0 Å². The first-order chi connectivity index (χ1) is 10.8. The Labute approximate surface area is 164 Å². The molecular weight excluding hydrogens is 365 g/mol. The Morgan fingerprint density at radius 1 is 1.17 bits per heavy atom. The summed E-state index contributed by atoms with van der Waals surface area (Å²) in [4.78, 5) is 14.3. The van der Waals surface area contributed by atoms with Crippen LogP contribution in [-0.2, 0) is 21.6 Å². The van der Waals surface area contributed by atoms with Gasteiger partial charge in [-0.05, 0) is 17.8 Å². The van der Waals surface area contributed by atoms with E-state index in [9.17, 15) is 4.79 Å². The molecule has 4 nitrogen and oxygen atoms in total. The Morgan fingerprint density at radius 2 is 1.79 bits per heavy atom. The van der Waals surface area contributed by atoms with Crippen molar-refractivity contribution in [3.8, 4) is 0 Å². The van der Waals surface area contributed by atoms with E-state index in [-0.39, 0.29) is 27.4 Å². The summed E-state index contributed by atoms with van der Waals surface area (Å²) in [6.07, 6.45) is 3.36. The van der Waals surface area contributed by atoms with E-state index in [1.54, 1.807) is 11.8 Å². The SMILES string of the molecule is CCN(CC)CCNCCNC(=O)CSC(C)(C)C[CH-]C(C)C.[Co]. The number of carbonyl (C=O) groups is 1. The summed E-state index contributed by atoms with van der Waals surface area (Å²) in [5.41, 5.74) is 0. The minimum absolute atomic E-state index is 0. The molecule has 0 aromatic heterocycles. The molecule has 0 atom stereocenters. The summed E-state index contributed by atoms with van der Waals surface area (Å²) in [7, 11) is 0. The van der Waals surface area contributed by atoms with Gasteiger partial charge in [-0.15, -0.1) is 11.8 Å². The van der Waals surface area contributed by atoms with Crippen molar-refractivity contribution in [1.29, 1.82) is 0 Å². The second kappa shape index (κ2) is 15.5. The van der Waals surface area contributed by atoms with Crippen molar-refractivity contribution in [3.63, 3.8) is 0 Å². The van der Waals surface area contributed by atoms with Crippen LogP contribution in [0.1, 0.15) is 48.0 Å². The van der Waals surface area contributed by atoms with E-state index in [0.717, 1.165) is 39.1 Å². The molecule has 0 unspecified atom stereocenters. The first kappa shape index (κ1) is 26.5. The van der Waals surface area contributed by atoms with Crippen LogP contribution in [0.3, 0.4) is 0 Å². The molecule has 0 bridgehead atoms. The second-order valence-electron chi connectivity index (χ2n) is 6.86. The van der Waals surface area contributed by atoms with Crippen LogP contribution in [0.5, 0.6) is 0 Å². The van der Waals surface area contributed by atoms with E-state index in [1.807, 2.05) is 0 Å². The minimum Gasteiger partial charge on any atom is -0.354 e. The van der Waals surface area contributed by atoms with Crippen LogP contribution in [0.4, 0.5) is 0 Å². The predicted octanol–water partition coefficient (Wildman–Crippen LogP) is 2.79. The third-order valence-corrected chi connectivity index (χ3v) is 5.15. The summed E-state index contributed by atoms with van der Waals surface area (Å²) in [5, 5.41) is 6.37. The first-order valence-corrected chi connectivity index (χ1v) is 9.96. The normalized spacial score (nSPS) is 11.7. The fourth-order valence-corrected chi connectivity index (χ4v) is 2.92. The fourth-order valence-electron chi connectivity index (χ4n) is 2.08.